The van der Waals surface area contributed by atoms with Crippen molar-refractivity contribution >= 4 is 53.7 Å². The maximum Gasteiger partial charge on any atom is 0.112 e. The Kier molecular flexibility index (Phi) is 4.34. The molecule has 3 nitrogen and oxygen atoms in total. The zero-order valence-electron chi connectivity index (χ0n) is 12.7. The Labute approximate surface area is 146 Å². The van der Waals surface area contributed by atoms with Gasteiger partial charge in [-0.1, -0.05) is 31.9 Å². The highest BCUT2D eigenvalue weighted by atomic mass is 79.9. The molecule has 0 aliphatic rings. The highest BCUT2D eigenvalue weighted by molar-refractivity contribution is 9.10. The summed E-state index contributed by atoms with van der Waals surface area (Å²) in [6, 6.07) is 12.6. The van der Waals surface area contributed by atoms with E-state index in [9.17, 15) is 5.11 Å². The lowest BCUT2D eigenvalue weighted by Gasteiger charge is -2.30. The van der Waals surface area contributed by atoms with Crippen LogP contribution in [0.2, 0.25) is 0 Å². The van der Waals surface area contributed by atoms with E-state index in [2.05, 4.69) is 60.7 Å². The van der Waals surface area contributed by atoms with Gasteiger partial charge in [0.05, 0.1) is 17.1 Å². The molecule has 2 aromatic carbocycles. The van der Waals surface area contributed by atoms with Crippen LogP contribution in [0.15, 0.2) is 45.3 Å². The van der Waals surface area contributed by atoms with Crippen LogP contribution in [0.5, 0.6) is 0 Å². The lowest BCUT2D eigenvalue weighted by atomic mass is 10.2. The minimum absolute atomic E-state index is 0.123. The lowest BCUT2D eigenvalue weighted by molar-refractivity contribution is 0.0526. The van der Waals surface area contributed by atoms with E-state index < -0.39 is 6.10 Å². The van der Waals surface area contributed by atoms with E-state index in [-0.39, 0.29) is 6.17 Å². The van der Waals surface area contributed by atoms with Crippen LogP contribution in [-0.4, -0.2) is 34.8 Å². The molecule has 0 bridgehead atoms. The molecule has 22 heavy (non-hydrogen) atoms. The fourth-order valence-corrected chi connectivity index (χ4v) is 3.88. The zero-order valence-corrected chi connectivity index (χ0v) is 15.9. The predicted molar refractivity (Wildman–Crippen MR) is 99.2 cm³/mol. The number of hydrogen-bond donors (Lipinski definition) is 1. The van der Waals surface area contributed by atoms with Crippen LogP contribution in [-0.2, 0) is 0 Å². The highest BCUT2D eigenvalue weighted by Crippen LogP contribution is 2.36. The number of aromatic nitrogens is 1. The number of aliphatic hydroxyl groups is 1. The number of aliphatic hydroxyl groups excluding tert-OH is 1. The average molecular weight is 426 g/mol. The van der Waals surface area contributed by atoms with E-state index in [1.54, 1.807) is 0 Å². The molecule has 116 valence electrons. The molecule has 0 amide bonds. The summed E-state index contributed by atoms with van der Waals surface area (Å²) in [6.45, 7) is 1.83. The van der Waals surface area contributed by atoms with Crippen molar-refractivity contribution in [3.8, 4) is 0 Å². The summed E-state index contributed by atoms with van der Waals surface area (Å²) in [5, 5.41) is 12.7. The topological polar surface area (TPSA) is 28.4 Å². The SMILES string of the molecule is CC(O)C(N(C)C)n1c2ccc(Br)cc2c2cc(Br)ccc21. The molecule has 0 aliphatic heterocycles. The third-order valence-electron chi connectivity index (χ3n) is 3.95. The zero-order chi connectivity index (χ0) is 16.0. The Hall–Kier alpha value is -0.880. The van der Waals surface area contributed by atoms with E-state index in [1.165, 1.54) is 10.8 Å². The number of nitrogens with zero attached hydrogens (tertiary/aromatic N) is 2. The first-order valence-corrected chi connectivity index (χ1v) is 8.72. The third kappa shape index (κ3) is 2.60. The van der Waals surface area contributed by atoms with Crippen molar-refractivity contribution in [1.82, 2.24) is 9.47 Å². The number of benzene rings is 2. The Morgan fingerprint density at radius 2 is 1.41 bits per heavy atom. The quantitative estimate of drug-likeness (QED) is 0.655. The van der Waals surface area contributed by atoms with Crippen molar-refractivity contribution in [3.63, 3.8) is 0 Å². The summed E-state index contributed by atoms with van der Waals surface area (Å²) in [4.78, 5) is 2.05. The first-order chi connectivity index (χ1) is 10.4. The van der Waals surface area contributed by atoms with E-state index >= 15 is 0 Å². The van der Waals surface area contributed by atoms with Crippen molar-refractivity contribution in [2.45, 2.75) is 19.2 Å². The van der Waals surface area contributed by atoms with Gasteiger partial charge < -0.3 is 9.67 Å². The van der Waals surface area contributed by atoms with Gasteiger partial charge in [0.2, 0.25) is 0 Å². The Bertz CT molecular complexity index is 772. The minimum Gasteiger partial charge on any atom is -0.390 e. The Morgan fingerprint density at radius 1 is 0.955 bits per heavy atom. The molecule has 5 heteroatoms. The number of likely N-dealkylation sites (N-methyl/N-ethyl adjacent to an activating group) is 1. The van der Waals surface area contributed by atoms with Gasteiger partial charge in [0.1, 0.15) is 6.17 Å². The van der Waals surface area contributed by atoms with Gasteiger partial charge in [0, 0.05) is 19.7 Å². The van der Waals surface area contributed by atoms with E-state index in [4.69, 9.17) is 0 Å². The van der Waals surface area contributed by atoms with Crippen molar-refractivity contribution < 1.29 is 5.11 Å². The second-order valence-electron chi connectivity index (χ2n) is 5.81. The highest BCUT2D eigenvalue weighted by Gasteiger charge is 2.24. The first-order valence-electron chi connectivity index (χ1n) is 7.13. The van der Waals surface area contributed by atoms with Gasteiger partial charge in [-0.15, -0.1) is 0 Å². The molecule has 2 unspecified atom stereocenters. The van der Waals surface area contributed by atoms with Crippen molar-refractivity contribution in [3.05, 3.63) is 45.3 Å². The summed E-state index contributed by atoms with van der Waals surface area (Å²) in [5.41, 5.74) is 2.24. The minimum atomic E-state index is -0.485. The molecular formula is C17H18Br2N2O. The average Bonchev–Trinajstić information content (AvgIpc) is 2.72. The van der Waals surface area contributed by atoms with Gasteiger partial charge in [-0.2, -0.15) is 0 Å². The molecule has 0 fully saturated rings. The number of rotatable bonds is 3. The fraction of sp³-hybridized carbons (Fsp3) is 0.294. The Morgan fingerprint density at radius 3 is 1.77 bits per heavy atom. The van der Waals surface area contributed by atoms with Gasteiger partial charge in [0.15, 0.2) is 0 Å². The summed E-state index contributed by atoms with van der Waals surface area (Å²) in [7, 11) is 3.99. The normalized spacial score (nSPS) is 14.9. The molecule has 1 heterocycles. The van der Waals surface area contributed by atoms with Crippen LogP contribution in [0.4, 0.5) is 0 Å². The number of halogens is 2. The van der Waals surface area contributed by atoms with Crippen LogP contribution in [0.1, 0.15) is 13.1 Å². The molecule has 0 saturated carbocycles. The monoisotopic (exact) mass is 424 g/mol. The molecule has 2 atom stereocenters. The lowest BCUT2D eigenvalue weighted by Crippen LogP contribution is -2.34. The van der Waals surface area contributed by atoms with Crippen LogP contribution < -0.4 is 0 Å². The first kappa shape index (κ1) is 16.0. The fourth-order valence-electron chi connectivity index (χ4n) is 3.16. The molecular weight excluding hydrogens is 408 g/mol. The maximum atomic E-state index is 10.3. The van der Waals surface area contributed by atoms with Crippen LogP contribution in [0.25, 0.3) is 21.8 Å². The molecule has 0 radical (unpaired) electrons. The maximum absolute atomic E-state index is 10.3. The smallest absolute Gasteiger partial charge is 0.112 e. The molecule has 1 aromatic heterocycles. The summed E-state index contributed by atoms with van der Waals surface area (Å²) in [6.07, 6.45) is -0.608. The molecule has 3 rings (SSSR count). The van der Waals surface area contributed by atoms with E-state index in [0.717, 1.165) is 20.0 Å². The second kappa shape index (κ2) is 5.96. The summed E-state index contributed by atoms with van der Waals surface area (Å²) in [5.74, 6) is 0. The third-order valence-corrected chi connectivity index (χ3v) is 4.94. The molecule has 3 aromatic rings. The molecule has 1 N–H and O–H groups in total. The van der Waals surface area contributed by atoms with Gasteiger partial charge in [0.25, 0.3) is 0 Å². The van der Waals surface area contributed by atoms with Crippen LogP contribution >= 0.6 is 31.9 Å². The van der Waals surface area contributed by atoms with Crippen LogP contribution in [0.3, 0.4) is 0 Å². The Balaban J connectivity index is 2.45. The number of hydrogen-bond acceptors (Lipinski definition) is 2. The van der Waals surface area contributed by atoms with E-state index in [1.807, 2.05) is 38.1 Å². The number of fused-ring (bicyclic) bond motifs is 3. The molecule has 0 saturated heterocycles. The summed E-state index contributed by atoms with van der Waals surface area (Å²) < 4.78 is 4.32. The second-order valence-corrected chi connectivity index (χ2v) is 7.64. The summed E-state index contributed by atoms with van der Waals surface area (Å²) >= 11 is 7.12. The van der Waals surface area contributed by atoms with E-state index in [0.29, 0.717) is 0 Å². The standard InChI is InChI=1S/C17H18Br2N2O/c1-10(22)17(20(2)3)21-15-6-4-11(18)8-13(15)14-9-12(19)5-7-16(14)21/h4-10,17,22H,1-3H3. The van der Waals surface area contributed by atoms with Gasteiger partial charge >= 0.3 is 0 Å². The van der Waals surface area contributed by atoms with Crippen molar-refractivity contribution in [2.24, 2.45) is 0 Å². The largest absolute Gasteiger partial charge is 0.390 e. The van der Waals surface area contributed by atoms with Crippen LogP contribution in [0, 0.1) is 0 Å². The van der Waals surface area contributed by atoms with Gasteiger partial charge in [-0.25, -0.2) is 0 Å². The van der Waals surface area contributed by atoms with Gasteiger partial charge in [-0.05, 0) is 57.4 Å². The van der Waals surface area contributed by atoms with Crippen molar-refractivity contribution in [2.75, 3.05) is 14.1 Å². The predicted octanol–water partition coefficient (Wildman–Crippen LogP) is 4.76. The van der Waals surface area contributed by atoms with Gasteiger partial charge in [-0.3, -0.25) is 4.90 Å². The molecule has 0 aliphatic carbocycles. The molecule has 0 spiro atoms. The van der Waals surface area contributed by atoms with Crippen molar-refractivity contribution in [1.29, 1.82) is 0 Å².